The van der Waals surface area contributed by atoms with Crippen LogP contribution in [0.25, 0.3) is 22.6 Å². The number of aromatic amines is 1. The third-order valence-electron chi connectivity index (χ3n) is 3.75. The molecule has 3 rings (SSSR count). The van der Waals surface area contributed by atoms with Crippen LogP contribution < -0.4 is 10.1 Å². The lowest BCUT2D eigenvalue weighted by atomic mass is 10.1. The first-order valence-corrected chi connectivity index (χ1v) is 8.41. The van der Waals surface area contributed by atoms with Crippen molar-refractivity contribution in [2.24, 2.45) is 0 Å². The Morgan fingerprint density at radius 2 is 1.97 bits per heavy atom. The lowest BCUT2D eigenvalue weighted by molar-refractivity contribution is -0.274. The fourth-order valence-electron chi connectivity index (χ4n) is 2.38. The number of H-pyrrole nitrogens is 1. The van der Waals surface area contributed by atoms with Gasteiger partial charge in [0.05, 0.1) is 24.1 Å². The molecule has 2 aromatic heterocycles. The van der Waals surface area contributed by atoms with Crippen molar-refractivity contribution in [3.63, 3.8) is 0 Å². The van der Waals surface area contributed by atoms with Crippen LogP contribution >= 0.6 is 0 Å². The summed E-state index contributed by atoms with van der Waals surface area (Å²) in [5, 5.41) is 18.1. The number of carbonyl (C=O) groups excluding carboxylic acids is 1. The van der Waals surface area contributed by atoms with Crippen LogP contribution in [0.15, 0.2) is 42.7 Å². The van der Waals surface area contributed by atoms with Gasteiger partial charge in [0, 0.05) is 17.8 Å². The normalized spacial score (nSPS) is 12.4. The van der Waals surface area contributed by atoms with E-state index in [4.69, 9.17) is 5.11 Å². The lowest BCUT2D eigenvalue weighted by Gasteiger charge is -2.12. The average molecular weight is 407 g/mol. The molecule has 1 unspecified atom stereocenters. The lowest BCUT2D eigenvalue weighted by Crippen LogP contribution is -2.35. The van der Waals surface area contributed by atoms with E-state index in [0.29, 0.717) is 16.8 Å². The van der Waals surface area contributed by atoms with Gasteiger partial charge in [0.2, 0.25) is 0 Å². The highest BCUT2D eigenvalue weighted by molar-refractivity contribution is 5.94. The van der Waals surface area contributed by atoms with E-state index in [9.17, 15) is 18.0 Å². The molecule has 8 nitrogen and oxygen atoms in total. The molecule has 3 aromatic rings. The van der Waals surface area contributed by atoms with E-state index in [0.717, 1.165) is 12.1 Å². The van der Waals surface area contributed by atoms with Crippen LogP contribution in [0.1, 0.15) is 17.4 Å². The molecule has 0 fully saturated rings. The summed E-state index contributed by atoms with van der Waals surface area (Å²) >= 11 is 0. The van der Waals surface area contributed by atoms with Crippen molar-refractivity contribution in [3.05, 3.63) is 48.4 Å². The molecule has 0 aliphatic carbocycles. The molecule has 1 atom stereocenters. The molecule has 0 saturated carbocycles. The molecule has 1 aromatic carbocycles. The Morgan fingerprint density at radius 1 is 1.24 bits per heavy atom. The molecule has 0 saturated heterocycles. The number of halogens is 3. The molecule has 2 heterocycles. The highest BCUT2D eigenvalue weighted by Crippen LogP contribution is 2.27. The van der Waals surface area contributed by atoms with E-state index >= 15 is 0 Å². The fourth-order valence-corrected chi connectivity index (χ4v) is 2.38. The molecule has 0 aliphatic heterocycles. The van der Waals surface area contributed by atoms with Crippen LogP contribution in [0, 0.1) is 0 Å². The Bertz CT molecular complexity index is 975. The summed E-state index contributed by atoms with van der Waals surface area (Å²) in [5.41, 5.74) is 1.32. The first kappa shape index (κ1) is 20.3. The van der Waals surface area contributed by atoms with E-state index in [-0.39, 0.29) is 23.9 Å². The van der Waals surface area contributed by atoms with Crippen LogP contribution in [0.3, 0.4) is 0 Å². The summed E-state index contributed by atoms with van der Waals surface area (Å²) < 4.78 is 40.9. The van der Waals surface area contributed by atoms with Crippen LogP contribution in [-0.2, 0) is 0 Å². The van der Waals surface area contributed by atoms with Crippen molar-refractivity contribution in [1.29, 1.82) is 0 Å². The number of hydrogen-bond acceptors (Lipinski definition) is 6. The fraction of sp³-hybridized carbons (Fsp3) is 0.222. The van der Waals surface area contributed by atoms with Gasteiger partial charge in [-0.25, -0.2) is 9.97 Å². The van der Waals surface area contributed by atoms with Crippen molar-refractivity contribution < 1.29 is 27.8 Å². The number of benzene rings is 1. The maximum atomic E-state index is 12.4. The zero-order chi connectivity index (χ0) is 21.0. The summed E-state index contributed by atoms with van der Waals surface area (Å²) in [6.45, 7) is 1.37. The topological polar surface area (TPSA) is 113 Å². The molecule has 0 aliphatic rings. The Morgan fingerprint density at radius 3 is 2.55 bits per heavy atom. The number of hydrogen-bond donors (Lipinski definition) is 3. The van der Waals surface area contributed by atoms with Gasteiger partial charge in [-0.15, -0.1) is 13.2 Å². The number of aromatic nitrogens is 4. The average Bonchev–Trinajstić information content (AvgIpc) is 3.21. The first-order valence-electron chi connectivity index (χ1n) is 8.41. The number of aliphatic hydroxyl groups excluding tert-OH is 1. The summed E-state index contributed by atoms with van der Waals surface area (Å²) in [5.74, 6) is -0.703. The molecule has 0 radical (unpaired) electrons. The third kappa shape index (κ3) is 5.29. The SMILES string of the molecule is CC(CO)NC(=O)c1cc(-c2ccc(OC(F)(F)F)cc2)nc(-c2cn[nH]c2)n1. The van der Waals surface area contributed by atoms with Gasteiger partial charge in [0.25, 0.3) is 5.91 Å². The zero-order valence-electron chi connectivity index (χ0n) is 15.1. The van der Waals surface area contributed by atoms with E-state index < -0.39 is 18.3 Å². The number of ether oxygens (including phenoxy) is 1. The minimum atomic E-state index is -4.79. The molecule has 29 heavy (non-hydrogen) atoms. The molecule has 0 bridgehead atoms. The van der Waals surface area contributed by atoms with Crippen molar-refractivity contribution in [2.45, 2.75) is 19.3 Å². The minimum absolute atomic E-state index is 0.0297. The van der Waals surface area contributed by atoms with E-state index in [2.05, 4.69) is 30.2 Å². The number of carbonyl (C=O) groups is 1. The van der Waals surface area contributed by atoms with Crippen molar-refractivity contribution >= 4 is 5.91 Å². The highest BCUT2D eigenvalue weighted by Gasteiger charge is 2.31. The maximum Gasteiger partial charge on any atom is 0.573 e. The zero-order valence-corrected chi connectivity index (χ0v) is 15.1. The predicted molar refractivity (Wildman–Crippen MR) is 95.7 cm³/mol. The van der Waals surface area contributed by atoms with E-state index in [1.807, 2.05) is 0 Å². The Hall–Kier alpha value is -3.47. The molecule has 0 spiro atoms. The Balaban J connectivity index is 1.98. The van der Waals surface area contributed by atoms with E-state index in [1.54, 1.807) is 6.92 Å². The second kappa shape index (κ2) is 8.27. The molecule has 3 N–H and O–H groups in total. The van der Waals surface area contributed by atoms with Gasteiger partial charge in [0.15, 0.2) is 5.82 Å². The van der Waals surface area contributed by atoms with Gasteiger partial charge >= 0.3 is 6.36 Å². The third-order valence-corrected chi connectivity index (χ3v) is 3.75. The van der Waals surface area contributed by atoms with Gasteiger partial charge in [0.1, 0.15) is 11.4 Å². The monoisotopic (exact) mass is 407 g/mol. The molecule has 152 valence electrons. The van der Waals surface area contributed by atoms with Crippen LogP contribution in [0.4, 0.5) is 13.2 Å². The molecule has 11 heteroatoms. The summed E-state index contributed by atoms with van der Waals surface area (Å²) in [6, 6.07) is 5.99. The number of alkyl halides is 3. The number of amides is 1. The Kier molecular flexibility index (Phi) is 5.78. The van der Waals surface area contributed by atoms with Crippen molar-refractivity contribution in [2.75, 3.05) is 6.61 Å². The van der Waals surface area contributed by atoms with Gasteiger partial charge < -0.3 is 15.2 Å². The quantitative estimate of drug-likeness (QED) is 0.579. The molecular weight excluding hydrogens is 391 g/mol. The Labute approximate surface area is 162 Å². The number of nitrogens with zero attached hydrogens (tertiary/aromatic N) is 3. The first-order chi connectivity index (χ1) is 13.7. The van der Waals surface area contributed by atoms with E-state index in [1.165, 1.54) is 30.6 Å². The van der Waals surface area contributed by atoms with Crippen LogP contribution in [-0.4, -0.2) is 50.2 Å². The molecule has 1 amide bonds. The number of aliphatic hydroxyl groups is 1. The second-order valence-corrected chi connectivity index (χ2v) is 6.08. The smallest absolute Gasteiger partial charge is 0.406 e. The number of rotatable bonds is 6. The minimum Gasteiger partial charge on any atom is -0.406 e. The summed E-state index contributed by atoms with van der Waals surface area (Å²) in [7, 11) is 0. The predicted octanol–water partition coefficient (Wildman–Crippen LogP) is 2.54. The summed E-state index contributed by atoms with van der Waals surface area (Å²) in [6.07, 6.45) is -1.78. The molecular formula is C18H16F3N5O3. The van der Waals surface area contributed by atoms with Gasteiger partial charge in [-0.1, -0.05) is 0 Å². The maximum absolute atomic E-state index is 12.4. The highest BCUT2D eigenvalue weighted by atomic mass is 19.4. The number of nitrogens with one attached hydrogen (secondary N) is 2. The standard InChI is InChI=1S/C18H16F3N5O3/c1-10(9-27)24-17(28)15-6-14(25-16(26-15)12-7-22-23-8-12)11-2-4-13(5-3-11)29-18(19,20)21/h2-8,10,27H,9H2,1H3,(H,22,23)(H,24,28). The summed E-state index contributed by atoms with van der Waals surface area (Å²) in [4.78, 5) is 21.0. The van der Waals surface area contributed by atoms with Crippen LogP contribution in [0.5, 0.6) is 5.75 Å². The van der Waals surface area contributed by atoms with Crippen molar-refractivity contribution in [3.8, 4) is 28.4 Å². The van der Waals surface area contributed by atoms with Crippen molar-refractivity contribution in [1.82, 2.24) is 25.5 Å². The van der Waals surface area contributed by atoms with Gasteiger partial charge in [-0.2, -0.15) is 5.10 Å². The van der Waals surface area contributed by atoms with Gasteiger partial charge in [-0.3, -0.25) is 9.89 Å². The van der Waals surface area contributed by atoms with Crippen LogP contribution in [0.2, 0.25) is 0 Å². The van der Waals surface area contributed by atoms with Gasteiger partial charge in [-0.05, 0) is 37.3 Å². The largest absolute Gasteiger partial charge is 0.573 e. The second-order valence-electron chi connectivity index (χ2n) is 6.08.